The molecule has 0 spiro atoms. The van der Waals surface area contributed by atoms with E-state index < -0.39 is 15.9 Å². The number of amides is 2. The second-order valence-electron chi connectivity index (χ2n) is 7.72. The van der Waals surface area contributed by atoms with E-state index in [1.165, 1.54) is 11.2 Å². The van der Waals surface area contributed by atoms with Crippen LogP contribution in [-0.4, -0.2) is 37.6 Å². The Morgan fingerprint density at radius 3 is 2.43 bits per heavy atom. The summed E-state index contributed by atoms with van der Waals surface area (Å²) in [5.74, 6) is -0.864. The standard InChI is InChI=1S/C22H27N3O4S/c1-15-9-10-16(2)21(12-15)30(28,29)25-11-5-6-18(14-25)22(27)24-20-8-4-7-19(13-20)23-17(3)26/h4,7-10,12-13,18H,5-6,11,14H2,1-3H3,(H,23,26)(H,24,27)/t18-/m0/s1. The van der Waals surface area contributed by atoms with Crippen molar-refractivity contribution in [3.63, 3.8) is 0 Å². The molecular weight excluding hydrogens is 402 g/mol. The summed E-state index contributed by atoms with van der Waals surface area (Å²) in [6.07, 6.45) is 1.24. The number of hydrogen-bond donors (Lipinski definition) is 2. The highest BCUT2D eigenvalue weighted by Gasteiger charge is 2.34. The number of nitrogens with zero attached hydrogens (tertiary/aromatic N) is 1. The van der Waals surface area contributed by atoms with Crippen LogP contribution in [-0.2, 0) is 19.6 Å². The van der Waals surface area contributed by atoms with Crippen molar-refractivity contribution in [3.8, 4) is 0 Å². The number of hydrogen-bond acceptors (Lipinski definition) is 4. The molecule has 160 valence electrons. The Bertz CT molecular complexity index is 1070. The summed E-state index contributed by atoms with van der Waals surface area (Å²) in [7, 11) is -3.67. The average Bonchev–Trinajstić information content (AvgIpc) is 2.69. The van der Waals surface area contributed by atoms with Crippen LogP contribution in [0.3, 0.4) is 0 Å². The molecule has 0 aliphatic carbocycles. The number of carbonyl (C=O) groups excluding carboxylic acids is 2. The van der Waals surface area contributed by atoms with Gasteiger partial charge in [-0.05, 0) is 62.1 Å². The fourth-order valence-corrected chi connectivity index (χ4v) is 5.45. The van der Waals surface area contributed by atoms with Gasteiger partial charge in [0.25, 0.3) is 0 Å². The monoisotopic (exact) mass is 429 g/mol. The topological polar surface area (TPSA) is 95.6 Å². The van der Waals surface area contributed by atoms with Crippen LogP contribution in [0.2, 0.25) is 0 Å². The number of nitrogens with one attached hydrogen (secondary N) is 2. The number of benzene rings is 2. The molecule has 0 unspecified atom stereocenters. The van der Waals surface area contributed by atoms with Crippen molar-refractivity contribution >= 4 is 33.2 Å². The second-order valence-corrected chi connectivity index (χ2v) is 9.63. The lowest BCUT2D eigenvalue weighted by Gasteiger charge is -2.31. The fraction of sp³-hybridized carbons (Fsp3) is 0.364. The smallest absolute Gasteiger partial charge is 0.243 e. The summed E-state index contributed by atoms with van der Waals surface area (Å²) in [6.45, 7) is 5.60. The largest absolute Gasteiger partial charge is 0.326 e. The number of rotatable bonds is 5. The number of piperidine rings is 1. The van der Waals surface area contributed by atoms with Crippen LogP contribution in [0.5, 0.6) is 0 Å². The second kappa shape index (κ2) is 8.97. The van der Waals surface area contributed by atoms with Gasteiger partial charge in [0.2, 0.25) is 21.8 Å². The van der Waals surface area contributed by atoms with Crippen molar-refractivity contribution in [2.24, 2.45) is 5.92 Å². The summed E-state index contributed by atoms with van der Waals surface area (Å²) >= 11 is 0. The lowest BCUT2D eigenvalue weighted by molar-refractivity contribution is -0.121. The maximum atomic E-state index is 13.2. The quantitative estimate of drug-likeness (QED) is 0.762. The number of sulfonamides is 1. The summed E-state index contributed by atoms with van der Waals surface area (Å²) in [5, 5.41) is 5.52. The van der Waals surface area contributed by atoms with Crippen LogP contribution in [0.15, 0.2) is 47.4 Å². The molecule has 1 atom stereocenters. The average molecular weight is 430 g/mol. The Morgan fingerprint density at radius 1 is 1.03 bits per heavy atom. The summed E-state index contributed by atoms with van der Waals surface area (Å²) in [5.41, 5.74) is 2.72. The number of carbonyl (C=O) groups is 2. The molecule has 1 saturated heterocycles. The molecule has 1 aliphatic heterocycles. The molecule has 1 fully saturated rings. The van der Waals surface area contributed by atoms with Gasteiger partial charge in [-0.1, -0.05) is 18.2 Å². The lowest BCUT2D eigenvalue weighted by Crippen LogP contribution is -2.43. The van der Waals surface area contributed by atoms with Crippen molar-refractivity contribution in [2.75, 3.05) is 23.7 Å². The van der Waals surface area contributed by atoms with Gasteiger partial charge < -0.3 is 10.6 Å². The van der Waals surface area contributed by atoms with Gasteiger partial charge in [-0.2, -0.15) is 4.31 Å². The SMILES string of the molecule is CC(=O)Nc1cccc(NC(=O)[C@H]2CCCN(S(=O)(=O)c3cc(C)ccc3C)C2)c1. The molecule has 0 aromatic heterocycles. The minimum Gasteiger partial charge on any atom is -0.326 e. The molecule has 1 aliphatic rings. The fourth-order valence-electron chi connectivity index (χ4n) is 3.62. The third-order valence-corrected chi connectivity index (χ3v) is 7.17. The molecule has 2 amide bonds. The van der Waals surface area contributed by atoms with Crippen LogP contribution < -0.4 is 10.6 Å². The molecular formula is C22H27N3O4S. The predicted molar refractivity (Wildman–Crippen MR) is 117 cm³/mol. The first-order valence-electron chi connectivity index (χ1n) is 9.93. The lowest BCUT2D eigenvalue weighted by atomic mass is 9.98. The summed E-state index contributed by atoms with van der Waals surface area (Å²) in [6, 6.07) is 12.2. The molecule has 30 heavy (non-hydrogen) atoms. The van der Waals surface area contributed by atoms with Gasteiger partial charge in [-0.3, -0.25) is 9.59 Å². The Morgan fingerprint density at radius 2 is 1.73 bits per heavy atom. The molecule has 2 aromatic rings. The van der Waals surface area contributed by atoms with E-state index in [-0.39, 0.29) is 18.4 Å². The zero-order valence-corrected chi connectivity index (χ0v) is 18.3. The molecule has 7 nitrogen and oxygen atoms in total. The van der Waals surface area contributed by atoms with E-state index in [0.29, 0.717) is 41.2 Å². The predicted octanol–water partition coefficient (Wildman–Crippen LogP) is 3.30. The van der Waals surface area contributed by atoms with E-state index >= 15 is 0 Å². The first kappa shape index (κ1) is 22.0. The van der Waals surface area contributed by atoms with E-state index in [1.54, 1.807) is 43.3 Å². The molecule has 2 N–H and O–H groups in total. The number of aryl methyl sites for hydroxylation is 2. The van der Waals surface area contributed by atoms with Crippen LogP contribution in [0.25, 0.3) is 0 Å². The molecule has 1 heterocycles. The van der Waals surface area contributed by atoms with E-state index in [1.807, 2.05) is 13.0 Å². The maximum absolute atomic E-state index is 13.2. The van der Waals surface area contributed by atoms with Gasteiger partial charge in [-0.25, -0.2) is 8.42 Å². The minimum atomic E-state index is -3.67. The van der Waals surface area contributed by atoms with Crippen LogP contribution >= 0.6 is 0 Å². The molecule has 2 aromatic carbocycles. The van der Waals surface area contributed by atoms with Gasteiger partial charge in [0.05, 0.1) is 10.8 Å². The first-order valence-corrected chi connectivity index (χ1v) is 11.4. The van der Waals surface area contributed by atoms with Crippen molar-refractivity contribution in [2.45, 2.75) is 38.5 Å². The van der Waals surface area contributed by atoms with Crippen LogP contribution in [0.4, 0.5) is 11.4 Å². The third kappa shape index (κ3) is 5.06. The first-order chi connectivity index (χ1) is 14.2. The number of anilines is 2. The molecule has 0 radical (unpaired) electrons. The highest BCUT2D eigenvalue weighted by Crippen LogP contribution is 2.27. The minimum absolute atomic E-state index is 0.146. The van der Waals surface area contributed by atoms with Crippen molar-refractivity contribution < 1.29 is 18.0 Å². The van der Waals surface area contributed by atoms with Crippen LogP contribution in [0.1, 0.15) is 30.9 Å². The normalized spacial score (nSPS) is 17.4. The van der Waals surface area contributed by atoms with Gasteiger partial charge in [0, 0.05) is 31.4 Å². The Labute approximate surface area is 177 Å². The summed E-state index contributed by atoms with van der Waals surface area (Å²) < 4.78 is 27.8. The van der Waals surface area contributed by atoms with E-state index in [9.17, 15) is 18.0 Å². The van der Waals surface area contributed by atoms with E-state index in [4.69, 9.17) is 0 Å². The van der Waals surface area contributed by atoms with Gasteiger partial charge in [0.15, 0.2) is 0 Å². The van der Waals surface area contributed by atoms with Crippen molar-refractivity contribution in [1.82, 2.24) is 4.31 Å². The molecule has 0 bridgehead atoms. The van der Waals surface area contributed by atoms with Crippen LogP contribution in [0, 0.1) is 19.8 Å². The molecule has 8 heteroatoms. The van der Waals surface area contributed by atoms with Crippen molar-refractivity contribution in [3.05, 3.63) is 53.6 Å². The van der Waals surface area contributed by atoms with Gasteiger partial charge >= 0.3 is 0 Å². The molecule has 3 rings (SSSR count). The van der Waals surface area contributed by atoms with Crippen molar-refractivity contribution in [1.29, 1.82) is 0 Å². The van der Waals surface area contributed by atoms with Gasteiger partial charge in [-0.15, -0.1) is 0 Å². The van der Waals surface area contributed by atoms with E-state index in [0.717, 1.165) is 5.56 Å². The summed E-state index contributed by atoms with van der Waals surface area (Å²) in [4.78, 5) is 24.3. The zero-order chi connectivity index (χ0) is 21.9. The van der Waals surface area contributed by atoms with Gasteiger partial charge in [0.1, 0.15) is 0 Å². The molecule has 0 saturated carbocycles. The highest BCUT2D eigenvalue weighted by molar-refractivity contribution is 7.89. The zero-order valence-electron chi connectivity index (χ0n) is 17.4. The maximum Gasteiger partial charge on any atom is 0.243 e. The highest BCUT2D eigenvalue weighted by atomic mass is 32.2. The Balaban J connectivity index is 1.73. The Kier molecular flexibility index (Phi) is 6.58. The van der Waals surface area contributed by atoms with E-state index in [2.05, 4.69) is 10.6 Å². The third-order valence-electron chi connectivity index (χ3n) is 5.17. The Hall–Kier alpha value is -2.71.